The third-order valence-electron chi connectivity index (χ3n) is 13.2. The molecule has 12 rings (SSSR count). The van der Waals surface area contributed by atoms with Gasteiger partial charge < -0.3 is 4.42 Å². The zero-order valence-electron chi connectivity index (χ0n) is 35.5. The molecule has 0 saturated heterocycles. The number of nitrogens with zero attached hydrogens (tertiary/aromatic N) is 3. The van der Waals surface area contributed by atoms with Crippen molar-refractivity contribution in [3.63, 3.8) is 0 Å². The minimum absolute atomic E-state index is 0.741. The van der Waals surface area contributed by atoms with Crippen LogP contribution in [-0.2, 0) is 6.42 Å². The number of hydrogen-bond acceptors (Lipinski definition) is 4. The minimum Gasteiger partial charge on any atom is -0.456 e. The molecule has 1 aliphatic carbocycles. The van der Waals surface area contributed by atoms with Gasteiger partial charge in [0, 0.05) is 27.5 Å². The molecule has 0 N–H and O–H groups in total. The topological polar surface area (TPSA) is 51.8 Å². The van der Waals surface area contributed by atoms with E-state index in [-0.39, 0.29) is 0 Å². The van der Waals surface area contributed by atoms with Gasteiger partial charge in [-0.05, 0) is 127 Å². The Morgan fingerprint density at radius 3 is 1.67 bits per heavy atom. The van der Waals surface area contributed by atoms with Crippen LogP contribution in [0.5, 0.6) is 0 Å². The Morgan fingerprint density at radius 1 is 0.391 bits per heavy atom. The van der Waals surface area contributed by atoms with E-state index in [2.05, 4.69) is 202 Å². The van der Waals surface area contributed by atoms with Crippen LogP contribution >= 0.6 is 0 Å². The molecule has 9 aromatic carbocycles. The van der Waals surface area contributed by atoms with E-state index in [1.54, 1.807) is 0 Å². The van der Waals surface area contributed by atoms with Crippen LogP contribution in [0.25, 0.3) is 111 Å². The quantitative estimate of drug-likeness (QED) is 0.161. The number of benzene rings is 9. The molecule has 4 heteroatoms. The van der Waals surface area contributed by atoms with Crippen LogP contribution in [0.15, 0.2) is 205 Å². The summed E-state index contributed by atoms with van der Waals surface area (Å²) in [6, 6.07) is 71.1. The highest BCUT2D eigenvalue weighted by atomic mass is 16.3. The molecular formula is C60H41N3O. The van der Waals surface area contributed by atoms with Crippen molar-refractivity contribution in [1.82, 2.24) is 15.4 Å². The largest absolute Gasteiger partial charge is 0.456 e. The molecule has 0 aliphatic heterocycles. The summed E-state index contributed by atoms with van der Waals surface area (Å²) < 4.78 is 6.64. The molecule has 2 aromatic heterocycles. The standard InChI is InChI=1S/C60H41N3O/c1-37-35-51-43-25-10-9-23-41(43)36-52(51)55(38(37)2)47-28-14-15-29-48(47)58-59(49-30-16-13-27-46(49)45-26-12-11-24-42(45)39-19-5-3-6-20-39)61-63-62-60(58)57-44(40-21-7-4-8-22-40)33-34-54-56(57)50-31-17-18-32-53(50)64-54/h3-35H,36H2,1-2H3. The Bertz CT molecular complexity index is 3610. The smallest absolute Gasteiger partial charge is 0.136 e. The molecule has 2 heterocycles. The molecule has 302 valence electrons. The highest BCUT2D eigenvalue weighted by Crippen LogP contribution is 2.52. The maximum Gasteiger partial charge on any atom is 0.136 e. The molecule has 0 atom stereocenters. The van der Waals surface area contributed by atoms with Crippen molar-refractivity contribution in [3.8, 4) is 89.3 Å². The normalized spacial score (nSPS) is 11.8. The molecule has 0 amide bonds. The molecule has 11 aromatic rings. The molecule has 0 fully saturated rings. The first-order valence-corrected chi connectivity index (χ1v) is 21.9. The van der Waals surface area contributed by atoms with E-state index < -0.39 is 0 Å². The number of hydrogen-bond donors (Lipinski definition) is 0. The first-order chi connectivity index (χ1) is 31.6. The first kappa shape index (κ1) is 37.5. The molecule has 0 unspecified atom stereocenters. The fourth-order valence-electron chi connectivity index (χ4n) is 10.2. The molecule has 0 saturated carbocycles. The van der Waals surface area contributed by atoms with E-state index in [9.17, 15) is 0 Å². The average Bonchev–Trinajstić information content (AvgIpc) is 3.93. The Kier molecular flexibility index (Phi) is 8.98. The van der Waals surface area contributed by atoms with Crippen molar-refractivity contribution in [2.75, 3.05) is 0 Å². The molecule has 0 bridgehead atoms. The lowest BCUT2D eigenvalue weighted by Gasteiger charge is -2.22. The van der Waals surface area contributed by atoms with E-state index in [0.717, 1.165) is 101 Å². The fraction of sp³-hybridized carbons (Fsp3) is 0.0500. The van der Waals surface area contributed by atoms with Gasteiger partial charge in [-0.15, -0.1) is 10.2 Å². The van der Waals surface area contributed by atoms with Gasteiger partial charge in [0.1, 0.15) is 22.6 Å². The Balaban J connectivity index is 1.22. The Labute approximate surface area is 372 Å². The van der Waals surface area contributed by atoms with Crippen LogP contribution in [-0.4, -0.2) is 15.4 Å². The minimum atomic E-state index is 0.741. The van der Waals surface area contributed by atoms with E-state index in [4.69, 9.17) is 19.8 Å². The van der Waals surface area contributed by atoms with Gasteiger partial charge >= 0.3 is 0 Å². The van der Waals surface area contributed by atoms with Crippen molar-refractivity contribution in [1.29, 1.82) is 0 Å². The van der Waals surface area contributed by atoms with Crippen LogP contribution in [0.1, 0.15) is 22.3 Å². The molecule has 1 aliphatic rings. The third kappa shape index (κ3) is 6.02. The van der Waals surface area contributed by atoms with E-state index >= 15 is 0 Å². The van der Waals surface area contributed by atoms with Gasteiger partial charge in [-0.3, -0.25) is 0 Å². The maximum absolute atomic E-state index is 6.64. The van der Waals surface area contributed by atoms with E-state index in [1.807, 2.05) is 12.1 Å². The molecule has 64 heavy (non-hydrogen) atoms. The number of para-hydroxylation sites is 1. The van der Waals surface area contributed by atoms with Gasteiger partial charge in [0.25, 0.3) is 0 Å². The summed E-state index contributed by atoms with van der Waals surface area (Å²) >= 11 is 0. The van der Waals surface area contributed by atoms with Crippen molar-refractivity contribution < 1.29 is 4.42 Å². The number of aryl methyl sites for hydroxylation is 1. The average molecular weight is 820 g/mol. The summed E-state index contributed by atoms with van der Waals surface area (Å²) in [6.07, 6.45) is 0.862. The third-order valence-corrected chi connectivity index (χ3v) is 13.2. The highest BCUT2D eigenvalue weighted by Gasteiger charge is 2.30. The van der Waals surface area contributed by atoms with Crippen LogP contribution in [0.3, 0.4) is 0 Å². The predicted molar refractivity (Wildman–Crippen MR) is 263 cm³/mol. The van der Waals surface area contributed by atoms with Gasteiger partial charge in [0.15, 0.2) is 0 Å². The molecular weight excluding hydrogens is 779 g/mol. The zero-order valence-corrected chi connectivity index (χ0v) is 35.5. The van der Waals surface area contributed by atoms with Crippen LogP contribution in [0.2, 0.25) is 0 Å². The second-order valence-electron chi connectivity index (χ2n) is 16.7. The number of fused-ring (bicyclic) bond motifs is 6. The van der Waals surface area contributed by atoms with Crippen LogP contribution in [0, 0.1) is 13.8 Å². The molecule has 0 spiro atoms. The monoisotopic (exact) mass is 819 g/mol. The summed E-state index contributed by atoms with van der Waals surface area (Å²) in [5.74, 6) is 0. The summed E-state index contributed by atoms with van der Waals surface area (Å²) in [5.41, 5.74) is 23.8. The van der Waals surface area contributed by atoms with Crippen LogP contribution in [0.4, 0.5) is 0 Å². The van der Waals surface area contributed by atoms with Crippen molar-refractivity contribution in [2.45, 2.75) is 20.3 Å². The second kappa shape index (κ2) is 15.3. The van der Waals surface area contributed by atoms with Crippen LogP contribution < -0.4 is 0 Å². The summed E-state index contributed by atoms with van der Waals surface area (Å²) in [5, 5.41) is 17.1. The SMILES string of the molecule is Cc1cc2c(c(-c3ccccc3-c3c(-c4ccccc4-c4ccccc4-c4ccccc4)nnnc3-c3c(-c4ccccc4)ccc4oc5ccccc5c34)c1C)Cc1ccccc1-2. The zero-order chi connectivity index (χ0) is 42.7. The second-order valence-corrected chi connectivity index (χ2v) is 16.7. The fourth-order valence-corrected chi connectivity index (χ4v) is 10.2. The number of aromatic nitrogens is 3. The predicted octanol–water partition coefficient (Wildman–Crippen LogP) is 15.6. The van der Waals surface area contributed by atoms with Gasteiger partial charge in [-0.25, -0.2) is 0 Å². The lowest BCUT2D eigenvalue weighted by Crippen LogP contribution is -2.04. The first-order valence-electron chi connectivity index (χ1n) is 21.9. The Morgan fingerprint density at radius 2 is 0.938 bits per heavy atom. The number of rotatable bonds is 7. The van der Waals surface area contributed by atoms with Crippen molar-refractivity contribution in [3.05, 3.63) is 222 Å². The lowest BCUT2D eigenvalue weighted by molar-refractivity contribution is 0.669. The van der Waals surface area contributed by atoms with Gasteiger partial charge in [-0.1, -0.05) is 182 Å². The summed E-state index contributed by atoms with van der Waals surface area (Å²) in [7, 11) is 0. The van der Waals surface area contributed by atoms with Crippen molar-refractivity contribution in [2.24, 2.45) is 0 Å². The van der Waals surface area contributed by atoms with Crippen molar-refractivity contribution >= 4 is 21.9 Å². The van der Waals surface area contributed by atoms with Gasteiger partial charge in [-0.2, -0.15) is 0 Å². The van der Waals surface area contributed by atoms with E-state index in [0.29, 0.717) is 0 Å². The summed E-state index contributed by atoms with van der Waals surface area (Å²) in [4.78, 5) is 0. The molecule has 4 nitrogen and oxygen atoms in total. The lowest BCUT2D eigenvalue weighted by atomic mass is 9.82. The maximum atomic E-state index is 6.64. The van der Waals surface area contributed by atoms with Gasteiger partial charge in [0.05, 0.1) is 0 Å². The van der Waals surface area contributed by atoms with E-state index in [1.165, 1.54) is 38.9 Å². The Hall–Kier alpha value is -8.21. The highest BCUT2D eigenvalue weighted by molar-refractivity contribution is 6.18. The number of furan rings is 1. The molecule has 0 radical (unpaired) electrons. The van der Waals surface area contributed by atoms with Gasteiger partial charge in [0.2, 0.25) is 0 Å². The summed E-state index contributed by atoms with van der Waals surface area (Å²) in [6.45, 7) is 4.52.